The standard InChI is InChI=1S/C15H24O6/c1-8(2)3-13(19)21-15-14-10(9(5-16)7-20-15)4-12(18)11(14)6-17/h7-8,10-12,14-18H,3-6H2,1-2H3/t10-,11+,12+,14+,15-/m0/s1. The predicted molar refractivity (Wildman–Crippen MR) is 73.8 cm³/mol. The summed E-state index contributed by atoms with van der Waals surface area (Å²) in [5.74, 6) is -1.04. The van der Waals surface area contributed by atoms with Gasteiger partial charge in [-0.1, -0.05) is 13.8 Å². The van der Waals surface area contributed by atoms with Gasteiger partial charge in [0.1, 0.15) is 0 Å². The lowest BCUT2D eigenvalue weighted by Crippen LogP contribution is -2.40. The second-order valence-corrected chi connectivity index (χ2v) is 6.28. The molecule has 0 unspecified atom stereocenters. The minimum Gasteiger partial charge on any atom is -0.462 e. The number of aliphatic hydroxyl groups is 3. The maximum atomic E-state index is 11.8. The normalized spacial score (nSPS) is 35.1. The molecule has 0 aromatic carbocycles. The van der Waals surface area contributed by atoms with Crippen molar-refractivity contribution >= 4 is 5.97 Å². The van der Waals surface area contributed by atoms with Crippen molar-refractivity contribution in [2.45, 2.75) is 39.1 Å². The van der Waals surface area contributed by atoms with Gasteiger partial charge < -0.3 is 24.8 Å². The van der Waals surface area contributed by atoms with E-state index in [1.165, 1.54) is 6.26 Å². The maximum absolute atomic E-state index is 11.8. The lowest BCUT2D eigenvalue weighted by molar-refractivity contribution is -0.191. The van der Waals surface area contributed by atoms with Crippen LogP contribution in [0.3, 0.4) is 0 Å². The molecule has 0 saturated heterocycles. The molecule has 0 radical (unpaired) electrons. The molecule has 3 N–H and O–H groups in total. The summed E-state index contributed by atoms with van der Waals surface area (Å²) in [6, 6.07) is 0. The Morgan fingerprint density at radius 2 is 2.19 bits per heavy atom. The van der Waals surface area contributed by atoms with Crippen molar-refractivity contribution in [3.05, 3.63) is 11.8 Å². The van der Waals surface area contributed by atoms with Gasteiger partial charge in [0, 0.05) is 24.9 Å². The molecule has 6 heteroatoms. The van der Waals surface area contributed by atoms with E-state index >= 15 is 0 Å². The van der Waals surface area contributed by atoms with E-state index < -0.39 is 18.3 Å². The molecule has 21 heavy (non-hydrogen) atoms. The van der Waals surface area contributed by atoms with Gasteiger partial charge >= 0.3 is 5.97 Å². The zero-order valence-electron chi connectivity index (χ0n) is 12.4. The van der Waals surface area contributed by atoms with Crippen LogP contribution in [0.1, 0.15) is 26.7 Å². The molecular weight excluding hydrogens is 276 g/mol. The molecule has 1 aliphatic heterocycles. The van der Waals surface area contributed by atoms with Crippen molar-refractivity contribution in [2.24, 2.45) is 23.7 Å². The van der Waals surface area contributed by atoms with Crippen LogP contribution in [-0.2, 0) is 14.3 Å². The predicted octanol–water partition coefficient (Wildman–Crippen LogP) is 0.414. The minimum atomic E-state index is -0.814. The fraction of sp³-hybridized carbons (Fsp3) is 0.800. The lowest BCUT2D eigenvalue weighted by Gasteiger charge is -2.35. The Kier molecular flexibility index (Phi) is 5.24. The molecule has 0 spiro atoms. The number of rotatable bonds is 5. The van der Waals surface area contributed by atoms with Gasteiger partial charge in [-0.2, -0.15) is 0 Å². The molecule has 5 atom stereocenters. The maximum Gasteiger partial charge on any atom is 0.309 e. The summed E-state index contributed by atoms with van der Waals surface area (Å²) in [6.45, 7) is 3.47. The molecule has 1 aliphatic carbocycles. The van der Waals surface area contributed by atoms with Crippen LogP contribution in [0.5, 0.6) is 0 Å². The SMILES string of the molecule is CC(C)CC(=O)O[C@@H]1OC=C(CO)[C@@H]2C[C@@H](O)[C@@H](CO)[C@H]12. The first-order valence-electron chi connectivity index (χ1n) is 7.41. The highest BCUT2D eigenvalue weighted by Crippen LogP contribution is 2.46. The number of ether oxygens (including phenoxy) is 2. The molecule has 1 saturated carbocycles. The van der Waals surface area contributed by atoms with Crippen LogP contribution in [0.4, 0.5) is 0 Å². The molecule has 6 nitrogen and oxygen atoms in total. The Hall–Kier alpha value is -1.11. The number of hydrogen-bond donors (Lipinski definition) is 3. The third kappa shape index (κ3) is 3.39. The van der Waals surface area contributed by atoms with E-state index in [-0.39, 0.29) is 36.9 Å². The summed E-state index contributed by atoms with van der Waals surface area (Å²) in [7, 11) is 0. The van der Waals surface area contributed by atoms with E-state index in [0.717, 1.165) is 0 Å². The third-order valence-corrected chi connectivity index (χ3v) is 4.31. The average Bonchev–Trinajstić information content (AvgIpc) is 2.74. The molecular formula is C15H24O6. The van der Waals surface area contributed by atoms with E-state index in [0.29, 0.717) is 18.4 Å². The molecule has 2 aliphatic rings. The molecule has 120 valence electrons. The summed E-state index contributed by atoms with van der Waals surface area (Å²) in [4.78, 5) is 11.8. The summed E-state index contributed by atoms with van der Waals surface area (Å²) in [6.07, 6.45) is 0.643. The number of esters is 1. The van der Waals surface area contributed by atoms with E-state index in [4.69, 9.17) is 9.47 Å². The number of fused-ring (bicyclic) bond motifs is 1. The van der Waals surface area contributed by atoms with Gasteiger partial charge in [0.2, 0.25) is 6.29 Å². The monoisotopic (exact) mass is 300 g/mol. The van der Waals surface area contributed by atoms with Crippen molar-refractivity contribution in [3.8, 4) is 0 Å². The largest absolute Gasteiger partial charge is 0.462 e. The average molecular weight is 300 g/mol. The Morgan fingerprint density at radius 3 is 2.76 bits per heavy atom. The van der Waals surface area contributed by atoms with Crippen molar-refractivity contribution < 1.29 is 29.6 Å². The van der Waals surface area contributed by atoms with Crippen LogP contribution in [0.2, 0.25) is 0 Å². The van der Waals surface area contributed by atoms with Gasteiger partial charge in [0.25, 0.3) is 0 Å². The highest BCUT2D eigenvalue weighted by Gasteiger charge is 2.51. The molecule has 0 aromatic heterocycles. The Morgan fingerprint density at radius 1 is 1.48 bits per heavy atom. The van der Waals surface area contributed by atoms with Crippen LogP contribution in [0.25, 0.3) is 0 Å². The fourth-order valence-corrected chi connectivity index (χ4v) is 3.28. The van der Waals surface area contributed by atoms with E-state index in [2.05, 4.69) is 0 Å². The second-order valence-electron chi connectivity index (χ2n) is 6.28. The smallest absolute Gasteiger partial charge is 0.309 e. The summed E-state index contributed by atoms with van der Waals surface area (Å²) in [5, 5.41) is 28.9. The van der Waals surface area contributed by atoms with Crippen LogP contribution >= 0.6 is 0 Å². The minimum absolute atomic E-state index is 0.132. The first-order valence-corrected chi connectivity index (χ1v) is 7.41. The Labute approximate surface area is 124 Å². The molecule has 0 bridgehead atoms. The molecule has 0 amide bonds. The number of aliphatic hydroxyl groups excluding tert-OH is 3. The molecule has 0 aromatic rings. The van der Waals surface area contributed by atoms with Crippen LogP contribution < -0.4 is 0 Å². The van der Waals surface area contributed by atoms with E-state index in [1.807, 2.05) is 13.8 Å². The summed E-state index contributed by atoms with van der Waals surface area (Å²) < 4.78 is 10.8. The highest BCUT2D eigenvalue weighted by atomic mass is 16.7. The van der Waals surface area contributed by atoms with Gasteiger partial charge in [-0.05, 0) is 23.8 Å². The fourth-order valence-electron chi connectivity index (χ4n) is 3.28. The quantitative estimate of drug-likeness (QED) is 0.637. The third-order valence-electron chi connectivity index (χ3n) is 4.31. The molecule has 1 heterocycles. The van der Waals surface area contributed by atoms with Crippen molar-refractivity contribution in [3.63, 3.8) is 0 Å². The second kappa shape index (κ2) is 6.77. The van der Waals surface area contributed by atoms with Crippen LogP contribution in [0, 0.1) is 23.7 Å². The lowest BCUT2D eigenvalue weighted by atomic mass is 9.83. The highest BCUT2D eigenvalue weighted by molar-refractivity contribution is 5.69. The number of carbonyl (C=O) groups excluding carboxylic acids is 1. The number of carbonyl (C=O) groups is 1. The van der Waals surface area contributed by atoms with Crippen molar-refractivity contribution in [1.82, 2.24) is 0 Å². The molecule has 1 fully saturated rings. The van der Waals surface area contributed by atoms with Crippen molar-refractivity contribution in [2.75, 3.05) is 13.2 Å². The summed E-state index contributed by atoms with van der Waals surface area (Å²) >= 11 is 0. The Balaban J connectivity index is 2.14. The van der Waals surface area contributed by atoms with Crippen LogP contribution in [0.15, 0.2) is 11.8 Å². The van der Waals surface area contributed by atoms with Crippen LogP contribution in [-0.4, -0.2) is 46.9 Å². The molecule has 2 rings (SSSR count). The number of hydrogen-bond acceptors (Lipinski definition) is 6. The zero-order chi connectivity index (χ0) is 15.6. The first-order chi connectivity index (χ1) is 9.97. The van der Waals surface area contributed by atoms with Gasteiger partial charge in [0.15, 0.2) is 0 Å². The Bertz CT molecular complexity index is 405. The summed E-state index contributed by atoms with van der Waals surface area (Å²) in [5.41, 5.74) is 0.672. The van der Waals surface area contributed by atoms with Gasteiger partial charge in [0.05, 0.1) is 19.0 Å². The van der Waals surface area contributed by atoms with E-state index in [1.54, 1.807) is 0 Å². The van der Waals surface area contributed by atoms with E-state index in [9.17, 15) is 20.1 Å². The van der Waals surface area contributed by atoms with Gasteiger partial charge in [-0.3, -0.25) is 4.79 Å². The van der Waals surface area contributed by atoms with Crippen molar-refractivity contribution in [1.29, 1.82) is 0 Å². The first kappa shape index (κ1) is 16.3. The van der Waals surface area contributed by atoms with Gasteiger partial charge in [-0.25, -0.2) is 0 Å². The zero-order valence-corrected chi connectivity index (χ0v) is 12.4. The topological polar surface area (TPSA) is 96.2 Å². The van der Waals surface area contributed by atoms with Gasteiger partial charge in [-0.15, -0.1) is 0 Å².